The minimum absolute atomic E-state index is 0.102. The fraction of sp³-hybridized carbons (Fsp3) is 0.600. The number of fused-ring (bicyclic) bond motifs is 1. The topological polar surface area (TPSA) is 39.7 Å². The lowest BCUT2D eigenvalue weighted by atomic mass is 9.98. The van der Waals surface area contributed by atoms with Crippen LogP contribution >= 0.6 is 15.9 Å². The first kappa shape index (κ1) is 14.3. The molecule has 0 amide bonds. The third kappa shape index (κ3) is 3.01. The third-order valence-corrected chi connectivity index (χ3v) is 4.38. The van der Waals surface area contributed by atoms with Gasteiger partial charge in [0.05, 0.1) is 32.5 Å². The van der Waals surface area contributed by atoms with Crippen molar-refractivity contribution in [2.75, 3.05) is 33.5 Å². The lowest BCUT2D eigenvalue weighted by Crippen LogP contribution is -2.46. The van der Waals surface area contributed by atoms with E-state index in [9.17, 15) is 0 Å². The SMILES string of the molecule is CNC(Cc1cc(Br)cc2c1OCC2)C1COCCO1. The average molecular weight is 342 g/mol. The van der Waals surface area contributed by atoms with E-state index in [1.807, 2.05) is 7.05 Å². The van der Waals surface area contributed by atoms with E-state index >= 15 is 0 Å². The number of hydrogen-bond acceptors (Lipinski definition) is 4. The number of likely N-dealkylation sites (N-methyl/N-ethyl adjacent to an activating group) is 1. The van der Waals surface area contributed by atoms with Crippen LogP contribution in [0.3, 0.4) is 0 Å². The minimum atomic E-state index is 0.102. The summed E-state index contributed by atoms with van der Waals surface area (Å²) in [6, 6.07) is 4.54. The summed E-state index contributed by atoms with van der Waals surface area (Å²) in [5, 5.41) is 3.36. The fourth-order valence-electron chi connectivity index (χ4n) is 2.89. The molecule has 5 heteroatoms. The van der Waals surface area contributed by atoms with Gasteiger partial charge in [0.2, 0.25) is 0 Å². The van der Waals surface area contributed by atoms with E-state index in [0.29, 0.717) is 19.8 Å². The maximum atomic E-state index is 5.81. The van der Waals surface area contributed by atoms with Gasteiger partial charge in [-0.05, 0) is 36.7 Å². The predicted octanol–water partition coefficient (Wildman–Crippen LogP) is 1.93. The highest BCUT2D eigenvalue weighted by Gasteiger charge is 2.27. The van der Waals surface area contributed by atoms with Gasteiger partial charge in [0, 0.05) is 16.9 Å². The number of benzene rings is 1. The van der Waals surface area contributed by atoms with Crippen LogP contribution in [0.15, 0.2) is 16.6 Å². The smallest absolute Gasteiger partial charge is 0.125 e. The standard InChI is InChI=1S/C15H20BrNO3/c1-17-13(14-9-18-4-5-19-14)8-11-7-12(16)6-10-2-3-20-15(10)11/h6-7,13-14,17H,2-5,8-9H2,1H3. The third-order valence-electron chi connectivity index (χ3n) is 3.93. The molecular formula is C15H20BrNO3. The van der Waals surface area contributed by atoms with Gasteiger partial charge in [-0.2, -0.15) is 0 Å². The van der Waals surface area contributed by atoms with E-state index in [1.54, 1.807) is 0 Å². The molecule has 1 fully saturated rings. The number of nitrogens with one attached hydrogen (secondary N) is 1. The summed E-state index contributed by atoms with van der Waals surface area (Å²) in [6.45, 7) is 2.81. The Kier molecular flexibility index (Phi) is 4.61. The van der Waals surface area contributed by atoms with Gasteiger partial charge >= 0.3 is 0 Å². The van der Waals surface area contributed by atoms with Crippen molar-refractivity contribution in [2.24, 2.45) is 0 Å². The van der Waals surface area contributed by atoms with Crippen LogP contribution in [0, 0.1) is 0 Å². The molecule has 1 aromatic carbocycles. The second-order valence-corrected chi connectivity index (χ2v) is 6.15. The Labute approximate surface area is 127 Å². The quantitative estimate of drug-likeness (QED) is 0.908. The molecule has 0 saturated carbocycles. The molecule has 2 aliphatic rings. The number of hydrogen-bond donors (Lipinski definition) is 1. The molecule has 2 aliphatic heterocycles. The highest BCUT2D eigenvalue weighted by Crippen LogP contribution is 2.34. The highest BCUT2D eigenvalue weighted by atomic mass is 79.9. The second kappa shape index (κ2) is 6.43. The monoisotopic (exact) mass is 341 g/mol. The maximum Gasteiger partial charge on any atom is 0.125 e. The van der Waals surface area contributed by atoms with Crippen molar-refractivity contribution < 1.29 is 14.2 Å². The molecule has 0 spiro atoms. The van der Waals surface area contributed by atoms with Crippen LogP contribution in [0.5, 0.6) is 5.75 Å². The van der Waals surface area contributed by atoms with Gasteiger partial charge in [0.1, 0.15) is 5.75 Å². The molecule has 1 aromatic rings. The Morgan fingerprint density at radius 2 is 2.25 bits per heavy atom. The lowest BCUT2D eigenvalue weighted by molar-refractivity contribution is -0.100. The van der Waals surface area contributed by atoms with Gasteiger partial charge in [-0.25, -0.2) is 0 Å². The molecule has 0 aliphatic carbocycles. The second-order valence-electron chi connectivity index (χ2n) is 5.24. The first-order valence-corrected chi connectivity index (χ1v) is 7.88. The van der Waals surface area contributed by atoms with Crippen molar-refractivity contribution in [1.82, 2.24) is 5.32 Å². The molecule has 2 heterocycles. The van der Waals surface area contributed by atoms with Crippen molar-refractivity contribution in [3.8, 4) is 5.75 Å². The Morgan fingerprint density at radius 1 is 1.35 bits per heavy atom. The van der Waals surface area contributed by atoms with Gasteiger partial charge in [-0.3, -0.25) is 0 Å². The van der Waals surface area contributed by atoms with Gasteiger partial charge in [0.25, 0.3) is 0 Å². The van der Waals surface area contributed by atoms with E-state index < -0.39 is 0 Å². The molecular weight excluding hydrogens is 322 g/mol. The van der Waals surface area contributed by atoms with Crippen LogP contribution in [0.2, 0.25) is 0 Å². The van der Waals surface area contributed by atoms with Crippen LogP contribution in [-0.2, 0) is 22.3 Å². The van der Waals surface area contributed by atoms with Crippen LogP contribution in [0.1, 0.15) is 11.1 Å². The summed E-state index contributed by atoms with van der Waals surface area (Å²) in [6.07, 6.45) is 1.98. The molecule has 110 valence electrons. The summed E-state index contributed by atoms with van der Waals surface area (Å²) >= 11 is 3.59. The molecule has 0 radical (unpaired) electrons. The van der Waals surface area contributed by atoms with Crippen molar-refractivity contribution in [3.63, 3.8) is 0 Å². The highest BCUT2D eigenvalue weighted by molar-refractivity contribution is 9.10. The molecule has 3 rings (SSSR count). The first-order chi connectivity index (χ1) is 9.78. The molecule has 4 nitrogen and oxygen atoms in total. The Hall–Kier alpha value is -0.620. The number of halogens is 1. The van der Waals surface area contributed by atoms with E-state index in [4.69, 9.17) is 14.2 Å². The molecule has 0 aromatic heterocycles. The van der Waals surface area contributed by atoms with Crippen LogP contribution in [0.25, 0.3) is 0 Å². The van der Waals surface area contributed by atoms with E-state index in [0.717, 1.165) is 29.7 Å². The van der Waals surface area contributed by atoms with Crippen molar-refractivity contribution in [1.29, 1.82) is 0 Å². The summed E-state index contributed by atoms with van der Waals surface area (Å²) in [7, 11) is 1.97. The largest absolute Gasteiger partial charge is 0.493 e. The van der Waals surface area contributed by atoms with Crippen molar-refractivity contribution >= 4 is 15.9 Å². The zero-order valence-corrected chi connectivity index (χ0v) is 13.2. The van der Waals surface area contributed by atoms with Gasteiger partial charge < -0.3 is 19.5 Å². The molecule has 2 atom stereocenters. The molecule has 1 saturated heterocycles. The van der Waals surface area contributed by atoms with Gasteiger partial charge in [0.15, 0.2) is 0 Å². The van der Waals surface area contributed by atoms with Crippen LogP contribution < -0.4 is 10.1 Å². The average Bonchev–Trinajstić information content (AvgIpc) is 2.93. The molecule has 1 N–H and O–H groups in total. The summed E-state index contributed by atoms with van der Waals surface area (Å²) in [4.78, 5) is 0. The summed E-state index contributed by atoms with van der Waals surface area (Å²) in [5.41, 5.74) is 2.53. The van der Waals surface area contributed by atoms with E-state index in [1.165, 1.54) is 11.1 Å². The summed E-state index contributed by atoms with van der Waals surface area (Å²) < 4.78 is 18.2. The van der Waals surface area contributed by atoms with E-state index in [2.05, 4.69) is 33.4 Å². The van der Waals surface area contributed by atoms with Crippen molar-refractivity contribution in [2.45, 2.75) is 25.0 Å². The van der Waals surface area contributed by atoms with E-state index in [-0.39, 0.29) is 12.1 Å². The normalized spacial score (nSPS) is 23.2. The van der Waals surface area contributed by atoms with Crippen LogP contribution in [0.4, 0.5) is 0 Å². The van der Waals surface area contributed by atoms with Gasteiger partial charge in [-0.1, -0.05) is 15.9 Å². The Bertz CT molecular complexity index is 474. The van der Waals surface area contributed by atoms with Gasteiger partial charge in [-0.15, -0.1) is 0 Å². The predicted molar refractivity (Wildman–Crippen MR) is 80.5 cm³/mol. The number of ether oxygens (including phenoxy) is 3. The Morgan fingerprint density at radius 3 is 3.00 bits per heavy atom. The number of rotatable bonds is 4. The molecule has 0 bridgehead atoms. The maximum absolute atomic E-state index is 5.81. The fourth-order valence-corrected chi connectivity index (χ4v) is 3.44. The molecule has 2 unspecified atom stereocenters. The zero-order valence-electron chi connectivity index (χ0n) is 11.7. The van der Waals surface area contributed by atoms with Crippen LogP contribution in [-0.4, -0.2) is 45.6 Å². The van der Waals surface area contributed by atoms with Crippen molar-refractivity contribution in [3.05, 3.63) is 27.7 Å². The Balaban J connectivity index is 1.78. The molecule has 20 heavy (non-hydrogen) atoms. The zero-order chi connectivity index (χ0) is 13.9. The summed E-state index contributed by atoms with van der Waals surface area (Å²) in [5.74, 6) is 1.06. The minimum Gasteiger partial charge on any atom is -0.493 e. The lowest BCUT2D eigenvalue weighted by Gasteiger charge is -2.30. The first-order valence-electron chi connectivity index (χ1n) is 7.08.